The molecule has 154 valence electrons. The van der Waals surface area contributed by atoms with E-state index in [4.69, 9.17) is 4.98 Å². The number of carbonyl (C=O) groups is 1. The van der Waals surface area contributed by atoms with Crippen LogP contribution in [-0.2, 0) is 6.42 Å². The van der Waals surface area contributed by atoms with E-state index in [9.17, 15) is 4.79 Å². The number of nitrogens with one attached hydrogen (secondary N) is 1. The van der Waals surface area contributed by atoms with Crippen molar-refractivity contribution < 1.29 is 4.79 Å². The van der Waals surface area contributed by atoms with Crippen molar-refractivity contribution >= 4 is 34.0 Å². The number of nitrogens with zero attached hydrogens (tertiary/aromatic N) is 2. The lowest BCUT2D eigenvalue weighted by molar-refractivity contribution is 0.102. The normalized spacial score (nSPS) is 12.8. The van der Waals surface area contributed by atoms with Crippen molar-refractivity contribution in [2.24, 2.45) is 0 Å². The largest absolute Gasteiger partial charge is 0.326 e. The van der Waals surface area contributed by atoms with E-state index in [1.807, 2.05) is 56.3 Å². The number of benzene rings is 3. The summed E-state index contributed by atoms with van der Waals surface area (Å²) in [6.45, 7) is 7.06. The molecule has 2 heterocycles. The summed E-state index contributed by atoms with van der Waals surface area (Å²) >= 11 is 0. The number of hydrogen-bond donors (Lipinski definition) is 1. The maximum absolute atomic E-state index is 12.7. The Balaban J connectivity index is 1.40. The average molecular weight is 408 g/mol. The van der Waals surface area contributed by atoms with Gasteiger partial charge in [0.15, 0.2) is 0 Å². The molecule has 1 aliphatic heterocycles. The Bertz CT molecular complexity index is 1310. The van der Waals surface area contributed by atoms with Gasteiger partial charge in [-0.3, -0.25) is 4.79 Å². The minimum Gasteiger partial charge on any atom is -0.326 e. The molecular formula is C27H25N3O. The Kier molecular flexibility index (Phi) is 4.70. The number of hydrogen-bond acceptors (Lipinski definition) is 3. The summed E-state index contributed by atoms with van der Waals surface area (Å²) in [5.41, 5.74) is 8.32. The van der Waals surface area contributed by atoms with E-state index in [1.54, 1.807) is 0 Å². The second kappa shape index (κ2) is 7.55. The number of amides is 1. The average Bonchev–Trinajstić information content (AvgIpc) is 3.18. The maximum atomic E-state index is 12.7. The highest BCUT2D eigenvalue weighted by molar-refractivity contribution is 6.05. The molecule has 31 heavy (non-hydrogen) atoms. The summed E-state index contributed by atoms with van der Waals surface area (Å²) in [6, 6.07) is 22.4. The second-order valence-corrected chi connectivity index (χ2v) is 8.32. The molecule has 0 bridgehead atoms. The molecule has 4 aromatic rings. The van der Waals surface area contributed by atoms with E-state index in [1.165, 1.54) is 16.5 Å². The molecular weight excluding hydrogens is 382 g/mol. The highest BCUT2D eigenvalue weighted by Gasteiger charge is 2.23. The van der Waals surface area contributed by atoms with Crippen molar-refractivity contribution in [3.8, 4) is 0 Å². The van der Waals surface area contributed by atoms with Gasteiger partial charge in [-0.15, -0.1) is 0 Å². The molecule has 0 fully saturated rings. The summed E-state index contributed by atoms with van der Waals surface area (Å²) in [7, 11) is 0. The third-order valence-electron chi connectivity index (χ3n) is 6.18. The quantitative estimate of drug-likeness (QED) is 0.446. The molecule has 4 nitrogen and oxygen atoms in total. The number of carbonyl (C=O) groups excluding carboxylic acids is 1. The van der Waals surface area contributed by atoms with Crippen LogP contribution in [0.1, 0.15) is 32.6 Å². The maximum Gasteiger partial charge on any atom is 0.255 e. The molecule has 0 aliphatic carbocycles. The van der Waals surface area contributed by atoms with Crippen molar-refractivity contribution in [1.82, 2.24) is 4.98 Å². The van der Waals surface area contributed by atoms with Crippen LogP contribution in [0.3, 0.4) is 0 Å². The Morgan fingerprint density at radius 2 is 1.77 bits per heavy atom. The van der Waals surface area contributed by atoms with E-state index in [0.29, 0.717) is 5.56 Å². The zero-order valence-electron chi connectivity index (χ0n) is 18.1. The van der Waals surface area contributed by atoms with Crippen molar-refractivity contribution in [2.45, 2.75) is 27.2 Å². The zero-order chi connectivity index (χ0) is 21.5. The number of anilines is 3. The first-order valence-electron chi connectivity index (χ1n) is 10.6. The van der Waals surface area contributed by atoms with Gasteiger partial charge in [0, 0.05) is 28.9 Å². The van der Waals surface area contributed by atoms with Crippen LogP contribution in [0.25, 0.3) is 10.9 Å². The minimum absolute atomic E-state index is 0.0957. The van der Waals surface area contributed by atoms with E-state index in [-0.39, 0.29) is 5.91 Å². The molecule has 4 heteroatoms. The Labute approximate surface area is 182 Å². The molecule has 0 atom stereocenters. The number of fused-ring (bicyclic) bond motifs is 2. The van der Waals surface area contributed by atoms with Crippen LogP contribution >= 0.6 is 0 Å². The topological polar surface area (TPSA) is 45.2 Å². The van der Waals surface area contributed by atoms with Gasteiger partial charge >= 0.3 is 0 Å². The summed E-state index contributed by atoms with van der Waals surface area (Å²) in [4.78, 5) is 19.9. The van der Waals surface area contributed by atoms with Gasteiger partial charge in [0.2, 0.25) is 0 Å². The SMILES string of the molecule is Cc1ccc2cc3c(nc2c1)N(c1ccc(C(=O)Nc2cccc(C)c2C)cc1)CC3. The minimum atomic E-state index is -0.0957. The van der Waals surface area contributed by atoms with Crippen LogP contribution in [0.2, 0.25) is 0 Å². The van der Waals surface area contributed by atoms with Crippen LogP contribution in [0.15, 0.2) is 66.7 Å². The Hall–Kier alpha value is -3.66. The van der Waals surface area contributed by atoms with Gasteiger partial charge < -0.3 is 10.2 Å². The predicted molar refractivity (Wildman–Crippen MR) is 128 cm³/mol. The molecule has 1 aromatic heterocycles. The van der Waals surface area contributed by atoms with Crippen LogP contribution in [0.4, 0.5) is 17.2 Å². The molecule has 0 saturated heterocycles. The van der Waals surface area contributed by atoms with E-state index in [0.717, 1.165) is 46.8 Å². The lowest BCUT2D eigenvalue weighted by Gasteiger charge is -2.19. The van der Waals surface area contributed by atoms with E-state index >= 15 is 0 Å². The Morgan fingerprint density at radius 3 is 2.58 bits per heavy atom. The highest BCUT2D eigenvalue weighted by Crippen LogP contribution is 2.35. The first-order chi connectivity index (χ1) is 15.0. The fourth-order valence-electron chi connectivity index (χ4n) is 4.19. The van der Waals surface area contributed by atoms with Gasteiger partial charge in [-0.25, -0.2) is 4.98 Å². The van der Waals surface area contributed by atoms with Gasteiger partial charge in [0.1, 0.15) is 5.82 Å². The van der Waals surface area contributed by atoms with Crippen molar-refractivity contribution in [2.75, 3.05) is 16.8 Å². The van der Waals surface area contributed by atoms with Crippen LogP contribution in [0.5, 0.6) is 0 Å². The molecule has 5 rings (SSSR count). The summed E-state index contributed by atoms with van der Waals surface area (Å²) in [5, 5.41) is 4.22. The molecule has 1 aliphatic rings. The van der Waals surface area contributed by atoms with E-state index < -0.39 is 0 Å². The van der Waals surface area contributed by atoms with Crippen molar-refractivity contribution in [3.63, 3.8) is 0 Å². The summed E-state index contributed by atoms with van der Waals surface area (Å²) < 4.78 is 0. The first-order valence-corrected chi connectivity index (χ1v) is 10.6. The van der Waals surface area contributed by atoms with Crippen LogP contribution < -0.4 is 10.2 Å². The van der Waals surface area contributed by atoms with Crippen molar-refractivity contribution in [3.05, 3.63) is 94.5 Å². The molecule has 1 amide bonds. The van der Waals surface area contributed by atoms with Crippen LogP contribution in [-0.4, -0.2) is 17.4 Å². The monoisotopic (exact) mass is 407 g/mol. The van der Waals surface area contributed by atoms with E-state index in [2.05, 4.69) is 41.4 Å². The molecule has 0 unspecified atom stereocenters. The highest BCUT2D eigenvalue weighted by atomic mass is 16.1. The lowest BCUT2D eigenvalue weighted by atomic mass is 10.1. The third-order valence-corrected chi connectivity index (χ3v) is 6.18. The first kappa shape index (κ1) is 19.3. The zero-order valence-corrected chi connectivity index (χ0v) is 18.1. The number of rotatable bonds is 3. The fraction of sp³-hybridized carbons (Fsp3) is 0.185. The van der Waals surface area contributed by atoms with Crippen molar-refractivity contribution in [1.29, 1.82) is 0 Å². The van der Waals surface area contributed by atoms with Crippen LogP contribution in [0, 0.1) is 20.8 Å². The summed E-state index contributed by atoms with van der Waals surface area (Å²) in [6.07, 6.45) is 0.973. The molecule has 0 radical (unpaired) electrons. The van der Waals surface area contributed by atoms with Gasteiger partial charge in [-0.05, 0) is 91.9 Å². The number of pyridine rings is 1. The molecule has 1 N–H and O–H groups in total. The second-order valence-electron chi connectivity index (χ2n) is 8.32. The third kappa shape index (κ3) is 3.55. The fourth-order valence-corrected chi connectivity index (χ4v) is 4.19. The molecule has 0 spiro atoms. The standard InChI is InChI=1S/C27H25N3O/c1-17-7-8-21-16-22-13-14-30(26(22)28-25(21)15-17)23-11-9-20(10-12-23)27(31)29-24-6-4-5-18(2)19(24)3/h4-12,15-16H,13-14H2,1-3H3,(H,29,31). The predicted octanol–water partition coefficient (Wildman–Crippen LogP) is 6.11. The lowest BCUT2D eigenvalue weighted by Crippen LogP contribution is -2.16. The molecule has 0 saturated carbocycles. The van der Waals surface area contributed by atoms with Gasteiger partial charge in [-0.2, -0.15) is 0 Å². The Morgan fingerprint density at radius 1 is 0.968 bits per heavy atom. The number of aromatic nitrogens is 1. The summed E-state index contributed by atoms with van der Waals surface area (Å²) in [5.74, 6) is 0.923. The van der Waals surface area contributed by atoms with Gasteiger partial charge in [-0.1, -0.05) is 24.3 Å². The number of aryl methyl sites for hydroxylation is 2. The smallest absolute Gasteiger partial charge is 0.255 e. The van der Waals surface area contributed by atoms with Gasteiger partial charge in [0.25, 0.3) is 5.91 Å². The van der Waals surface area contributed by atoms with Gasteiger partial charge in [0.05, 0.1) is 5.52 Å². The molecule has 3 aromatic carbocycles.